The van der Waals surface area contributed by atoms with Crippen LogP contribution in [0.2, 0.25) is 0 Å². The minimum Gasteiger partial charge on any atom is -0.392 e. The average Bonchev–Trinajstić information content (AvgIpc) is 2.35. The van der Waals surface area contributed by atoms with Gasteiger partial charge < -0.3 is 10.0 Å². The van der Waals surface area contributed by atoms with E-state index in [1.54, 1.807) is 19.2 Å². The first-order valence-electron chi connectivity index (χ1n) is 5.79. The van der Waals surface area contributed by atoms with Gasteiger partial charge in [0.25, 0.3) is 0 Å². The summed E-state index contributed by atoms with van der Waals surface area (Å²) in [4.78, 5) is 2.14. The third-order valence-electron chi connectivity index (χ3n) is 2.73. The highest BCUT2D eigenvalue weighted by atomic mass is 79.9. The number of aliphatic hydroxyl groups excluding tert-OH is 1. The molecular weight excluding hydrogens is 332 g/mol. The van der Waals surface area contributed by atoms with E-state index in [9.17, 15) is 8.42 Å². The van der Waals surface area contributed by atoms with Gasteiger partial charge in [0.05, 0.1) is 11.5 Å². The van der Waals surface area contributed by atoms with E-state index >= 15 is 0 Å². The molecule has 0 aliphatic heterocycles. The Morgan fingerprint density at radius 1 is 1.21 bits per heavy atom. The predicted molar refractivity (Wildman–Crippen MR) is 78.4 cm³/mol. The molecule has 0 amide bonds. The third kappa shape index (κ3) is 4.25. The largest absolute Gasteiger partial charge is 0.392 e. The summed E-state index contributed by atoms with van der Waals surface area (Å²) in [7, 11) is 1.84. The summed E-state index contributed by atoms with van der Waals surface area (Å²) in [5, 5.41) is 9.02. The zero-order valence-corrected chi connectivity index (χ0v) is 13.7. The van der Waals surface area contributed by atoms with Crippen LogP contribution in [0.4, 0.5) is 0 Å². The summed E-state index contributed by atoms with van der Waals surface area (Å²) in [5.41, 5.74) is 0.668. The number of benzene rings is 1. The van der Waals surface area contributed by atoms with Gasteiger partial charge in [-0.2, -0.15) is 4.31 Å². The lowest BCUT2D eigenvalue weighted by molar-refractivity contribution is 0.281. The molecule has 1 aromatic carbocycles. The first kappa shape index (κ1) is 16.6. The lowest BCUT2D eigenvalue weighted by Crippen LogP contribution is -2.33. The van der Waals surface area contributed by atoms with Gasteiger partial charge in [0.1, 0.15) is 0 Å². The highest BCUT2D eigenvalue weighted by Gasteiger charge is 2.23. The van der Waals surface area contributed by atoms with Crippen LogP contribution in [0.25, 0.3) is 0 Å². The van der Waals surface area contributed by atoms with E-state index in [1.165, 1.54) is 10.4 Å². The summed E-state index contributed by atoms with van der Waals surface area (Å²) in [6.07, 6.45) is 0. The van der Waals surface area contributed by atoms with E-state index in [0.29, 0.717) is 23.1 Å². The van der Waals surface area contributed by atoms with Gasteiger partial charge in [-0.15, -0.1) is 0 Å². The van der Waals surface area contributed by atoms with Crippen molar-refractivity contribution in [2.75, 3.05) is 34.2 Å². The van der Waals surface area contributed by atoms with Crippen LogP contribution in [0.5, 0.6) is 0 Å². The number of sulfonamides is 1. The Morgan fingerprint density at radius 2 is 1.84 bits per heavy atom. The number of hydrogen-bond donors (Lipinski definition) is 1. The molecule has 0 bridgehead atoms. The van der Waals surface area contributed by atoms with Gasteiger partial charge in [0.2, 0.25) is 10.0 Å². The van der Waals surface area contributed by atoms with Crippen molar-refractivity contribution in [2.24, 2.45) is 0 Å². The number of aliphatic hydroxyl groups is 1. The van der Waals surface area contributed by atoms with Crippen molar-refractivity contribution >= 4 is 26.0 Å². The molecule has 0 aromatic heterocycles. The highest BCUT2D eigenvalue weighted by molar-refractivity contribution is 9.10. The van der Waals surface area contributed by atoms with Crippen molar-refractivity contribution in [1.29, 1.82) is 0 Å². The van der Waals surface area contributed by atoms with Crippen molar-refractivity contribution in [2.45, 2.75) is 11.5 Å². The lowest BCUT2D eigenvalue weighted by Gasteiger charge is -2.20. The number of rotatable bonds is 6. The maximum Gasteiger partial charge on any atom is 0.243 e. The fourth-order valence-electron chi connectivity index (χ4n) is 1.48. The Labute approximate surface area is 123 Å². The Bertz CT molecular complexity index is 532. The first-order chi connectivity index (χ1) is 8.78. The van der Waals surface area contributed by atoms with Crippen LogP contribution in [0.3, 0.4) is 0 Å². The Kier molecular flexibility index (Phi) is 5.94. The van der Waals surface area contributed by atoms with Gasteiger partial charge in [-0.25, -0.2) is 8.42 Å². The van der Waals surface area contributed by atoms with E-state index in [4.69, 9.17) is 5.11 Å². The second-order valence-corrected chi connectivity index (χ2v) is 7.42. The van der Waals surface area contributed by atoms with Crippen molar-refractivity contribution in [3.8, 4) is 0 Å². The summed E-state index contributed by atoms with van der Waals surface area (Å²) in [5.74, 6) is 0. The molecule has 19 heavy (non-hydrogen) atoms. The molecule has 5 nitrogen and oxygen atoms in total. The maximum absolute atomic E-state index is 12.4. The molecule has 0 spiro atoms. The molecule has 1 N–H and O–H groups in total. The minimum absolute atomic E-state index is 0.116. The molecule has 108 valence electrons. The first-order valence-corrected chi connectivity index (χ1v) is 8.02. The van der Waals surface area contributed by atoms with Gasteiger partial charge in [-0.3, -0.25) is 0 Å². The molecule has 0 saturated heterocycles. The van der Waals surface area contributed by atoms with E-state index in [0.717, 1.165) is 0 Å². The molecule has 1 aromatic rings. The summed E-state index contributed by atoms with van der Waals surface area (Å²) in [6, 6.07) is 4.74. The summed E-state index contributed by atoms with van der Waals surface area (Å²) >= 11 is 3.24. The zero-order valence-electron chi connectivity index (χ0n) is 11.3. The van der Waals surface area contributed by atoms with Crippen LogP contribution in [-0.4, -0.2) is 57.0 Å². The summed E-state index contributed by atoms with van der Waals surface area (Å²) < 4.78 is 26.6. The average molecular weight is 351 g/mol. The maximum atomic E-state index is 12.4. The molecule has 7 heteroatoms. The minimum atomic E-state index is -3.51. The summed E-state index contributed by atoms with van der Waals surface area (Å²) in [6.45, 7) is 0.959. The second kappa shape index (κ2) is 6.81. The van der Waals surface area contributed by atoms with Crippen LogP contribution in [0.15, 0.2) is 27.6 Å². The normalized spacial score (nSPS) is 12.4. The van der Waals surface area contributed by atoms with Gasteiger partial charge in [0.15, 0.2) is 0 Å². The van der Waals surface area contributed by atoms with Gasteiger partial charge in [0, 0.05) is 24.6 Å². The van der Waals surface area contributed by atoms with E-state index in [2.05, 4.69) is 15.9 Å². The zero-order chi connectivity index (χ0) is 14.6. The number of hydrogen-bond acceptors (Lipinski definition) is 4. The van der Waals surface area contributed by atoms with Crippen molar-refractivity contribution in [3.05, 3.63) is 28.2 Å². The highest BCUT2D eigenvalue weighted by Crippen LogP contribution is 2.25. The van der Waals surface area contributed by atoms with Gasteiger partial charge in [-0.05, 0) is 47.7 Å². The second-order valence-electron chi connectivity index (χ2n) is 4.55. The smallest absolute Gasteiger partial charge is 0.243 e. The molecular formula is C12H19BrN2O3S. The van der Waals surface area contributed by atoms with Gasteiger partial charge >= 0.3 is 0 Å². The van der Waals surface area contributed by atoms with Crippen molar-refractivity contribution < 1.29 is 13.5 Å². The number of nitrogens with zero attached hydrogens (tertiary/aromatic N) is 2. The van der Waals surface area contributed by atoms with Crippen molar-refractivity contribution in [1.82, 2.24) is 9.21 Å². The molecule has 0 radical (unpaired) electrons. The number of halogens is 1. The SMILES string of the molecule is CN(C)CCN(C)S(=O)(=O)c1ccc(CO)cc1Br. The Balaban J connectivity index is 2.99. The van der Waals surface area contributed by atoms with E-state index in [1.807, 2.05) is 19.0 Å². The predicted octanol–water partition coefficient (Wildman–Crippen LogP) is 1.12. The third-order valence-corrected chi connectivity index (χ3v) is 5.56. The Hall–Kier alpha value is -0.470. The lowest BCUT2D eigenvalue weighted by atomic mass is 10.2. The Morgan fingerprint density at radius 3 is 2.32 bits per heavy atom. The molecule has 0 saturated carbocycles. The molecule has 0 fully saturated rings. The van der Waals surface area contributed by atoms with E-state index in [-0.39, 0.29) is 11.5 Å². The topological polar surface area (TPSA) is 60.9 Å². The van der Waals surface area contributed by atoms with Crippen LogP contribution in [0, 0.1) is 0 Å². The van der Waals surface area contributed by atoms with Crippen LogP contribution in [0.1, 0.15) is 5.56 Å². The standard InChI is InChI=1S/C12H19BrN2O3S/c1-14(2)6-7-15(3)19(17,18)12-5-4-10(9-16)8-11(12)13/h4-5,8,16H,6-7,9H2,1-3H3. The van der Waals surface area contributed by atoms with Crippen molar-refractivity contribution in [3.63, 3.8) is 0 Å². The van der Waals surface area contributed by atoms with Crippen LogP contribution < -0.4 is 0 Å². The van der Waals surface area contributed by atoms with Crippen LogP contribution in [-0.2, 0) is 16.6 Å². The molecule has 0 aliphatic carbocycles. The van der Waals surface area contributed by atoms with Crippen LogP contribution >= 0.6 is 15.9 Å². The molecule has 0 heterocycles. The fourth-order valence-corrected chi connectivity index (χ4v) is 3.72. The van der Waals surface area contributed by atoms with Gasteiger partial charge in [-0.1, -0.05) is 6.07 Å². The molecule has 1 rings (SSSR count). The fraction of sp³-hybridized carbons (Fsp3) is 0.500. The quantitative estimate of drug-likeness (QED) is 0.835. The van der Waals surface area contributed by atoms with E-state index < -0.39 is 10.0 Å². The molecule has 0 aliphatic rings. The monoisotopic (exact) mass is 350 g/mol. The number of likely N-dealkylation sites (N-methyl/N-ethyl adjacent to an activating group) is 2. The molecule has 0 unspecified atom stereocenters. The molecule has 0 atom stereocenters.